The molecular weight excluding hydrogens is 336 g/mol. The van der Waals surface area contributed by atoms with Crippen molar-refractivity contribution in [3.63, 3.8) is 0 Å². The highest BCUT2D eigenvalue weighted by Crippen LogP contribution is 2.23. The van der Waals surface area contributed by atoms with Crippen molar-refractivity contribution in [3.05, 3.63) is 90.3 Å². The van der Waals surface area contributed by atoms with Crippen molar-refractivity contribution in [1.82, 2.24) is 15.6 Å². The zero-order valence-electron chi connectivity index (χ0n) is 15.2. The molecule has 3 aromatic rings. The molecule has 2 atom stereocenters. The summed E-state index contributed by atoms with van der Waals surface area (Å²) in [5.41, 5.74) is 2.42. The molecule has 4 rings (SSSR count). The van der Waals surface area contributed by atoms with Crippen LogP contribution in [0.4, 0.5) is 0 Å². The molecule has 0 radical (unpaired) electrons. The van der Waals surface area contributed by atoms with Gasteiger partial charge in [0, 0.05) is 6.20 Å². The first-order valence-electron chi connectivity index (χ1n) is 9.08. The van der Waals surface area contributed by atoms with Gasteiger partial charge in [-0.1, -0.05) is 42.5 Å². The van der Waals surface area contributed by atoms with Crippen LogP contribution in [-0.4, -0.2) is 17.5 Å². The number of pyridine rings is 1. The maximum absolute atomic E-state index is 5.79. The van der Waals surface area contributed by atoms with Gasteiger partial charge in [-0.15, -0.1) is 0 Å². The van der Waals surface area contributed by atoms with E-state index in [0.717, 1.165) is 24.0 Å². The molecule has 136 valence electrons. The first kappa shape index (κ1) is 17.1. The van der Waals surface area contributed by atoms with E-state index in [1.54, 1.807) is 12.4 Å². The van der Waals surface area contributed by atoms with Gasteiger partial charge in [-0.2, -0.15) is 0 Å². The highest BCUT2D eigenvalue weighted by Gasteiger charge is 2.20. The quantitative estimate of drug-likeness (QED) is 0.717. The fourth-order valence-corrected chi connectivity index (χ4v) is 3.06. The van der Waals surface area contributed by atoms with Gasteiger partial charge in [-0.05, 0) is 42.3 Å². The molecule has 0 spiro atoms. The summed E-state index contributed by atoms with van der Waals surface area (Å²) in [5, 5.41) is 6.91. The molecule has 5 heteroatoms. The normalized spacial score (nSPS) is 16.9. The molecule has 1 aliphatic heterocycles. The highest BCUT2D eigenvalue weighted by molar-refractivity contribution is 5.82. The van der Waals surface area contributed by atoms with E-state index in [1.807, 2.05) is 30.3 Å². The van der Waals surface area contributed by atoms with Crippen LogP contribution in [0.15, 0.2) is 84.1 Å². The van der Waals surface area contributed by atoms with Gasteiger partial charge in [-0.25, -0.2) is 0 Å². The van der Waals surface area contributed by atoms with Gasteiger partial charge < -0.3 is 15.4 Å². The molecule has 2 unspecified atom stereocenters. The molecule has 1 aliphatic rings. The number of rotatable bonds is 5. The molecule has 2 heterocycles. The lowest BCUT2D eigenvalue weighted by molar-refractivity contribution is 0.480. The average molecular weight is 358 g/mol. The van der Waals surface area contributed by atoms with Crippen molar-refractivity contribution in [2.24, 2.45) is 4.99 Å². The van der Waals surface area contributed by atoms with Gasteiger partial charge in [0.2, 0.25) is 0 Å². The van der Waals surface area contributed by atoms with Gasteiger partial charge in [0.05, 0.1) is 24.8 Å². The molecule has 27 heavy (non-hydrogen) atoms. The summed E-state index contributed by atoms with van der Waals surface area (Å²) in [6, 6.07) is 22.6. The smallest absolute Gasteiger partial charge is 0.192 e. The minimum Gasteiger partial charge on any atom is -0.456 e. The Hall–Kier alpha value is -3.34. The van der Waals surface area contributed by atoms with E-state index in [2.05, 4.69) is 63.9 Å². The second kappa shape index (κ2) is 7.91. The first-order valence-corrected chi connectivity index (χ1v) is 9.08. The Labute approximate surface area is 159 Å². The lowest BCUT2D eigenvalue weighted by Gasteiger charge is -2.18. The summed E-state index contributed by atoms with van der Waals surface area (Å²) in [4.78, 5) is 8.65. The number of aromatic nitrogens is 1. The van der Waals surface area contributed by atoms with Crippen LogP contribution in [0, 0.1) is 0 Å². The predicted octanol–water partition coefficient (Wildman–Crippen LogP) is 4.23. The lowest BCUT2D eigenvalue weighted by Crippen LogP contribution is -2.36. The molecule has 0 amide bonds. The van der Waals surface area contributed by atoms with Gasteiger partial charge in [0.25, 0.3) is 0 Å². The molecular formula is C22H22N4O. The molecule has 2 aromatic carbocycles. The number of nitrogens with one attached hydrogen (secondary N) is 2. The van der Waals surface area contributed by atoms with Crippen LogP contribution >= 0.6 is 0 Å². The summed E-state index contributed by atoms with van der Waals surface area (Å²) < 4.78 is 5.79. The first-order chi connectivity index (χ1) is 13.3. The van der Waals surface area contributed by atoms with Gasteiger partial charge in [-0.3, -0.25) is 9.98 Å². The third kappa shape index (κ3) is 4.26. The Kier molecular flexibility index (Phi) is 5.01. The van der Waals surface area contributed by atoms with Crippen LogP contribution in [0.5, 0.6) is 11.5 Å². The van der Waals surface area contributed by atoms with E-state index in [4.69, 9.17) is 4.74 Å². The van der Waals surface area contributed by atoms with E-state index < -0.39 is 0 Å². The number of guanidine groups is 1. The van der Waals surface area contributed by atoms with Crippen molar-refractivity contribution in [2.45, 2.75) is 19.0 Å². The Balaban J connectivity index is 1.34. The molecule has 0 saturated carbocycles. The van der Waals surface area contributed by atoms with Crippen molar-refractivity contribution >= 4 is 5.96 Å². The standard InChI is InChI=1S/C22H22N4O/c1-16(25-22-24-15-21(26-22)18-6-3-2-4-7-18)17-9-11-19(12-10-17)27-20-8-5-13-23-14-20/h2-14,16,21H,15H2,1H3,(H2,24,25,26). The Bertz CT molecular complexity index is 895. The predicted molar refractivity (Wildman–Crippen MR) is 107 cm³/mol. The van der Waals surface area contributed by atoms with Crippen LogP contribution in [0.3, 0.4) is 0 Å². The zero-order chi connectivity index (χ0) is 18.5. The molecule has 0 bridgehead atoms. The average Bonchev–Trinajstić information content (AvgIpc) is 3.18. The van der Waals surface area contributed by atoms with E-state index in [-0.39, 0.29) is 12.1 Å². The topological polar surface area (TPSA) is 58.5 Å². The lowest BCUT2D eigenvalue weighted by atomic mass is 10.1. The SMILES string of the molecule is CC(NC1=NCC(c2ccccc2)N1)c1ccc(Oc2cccnc2)cc1. The van der Waals surface area contributed by atoms with Crippen LogP contribution in [0.25, 0.3) is 0 Å². The molecule has 2 N–H and O–H groups in total. The van der Waals surface area contributed by atoms with Crippen LogP contribution in [0.1, 0.15) is 30.1 Å². The number of benzene rings is 2. The van der Waals surface area contributed by atoms with Gasteiger partial charge >= 0.3 is 0 Å². The summed E-state index contributed by atoms with van der Waals surface area (Å²) in [7, 11) is 0. The Morgan fingerprint density at radius 1 is 1.00 bits per heavy atom. The molecule has 0 fully saturated rings. The second-order valence-corrected chi connectivity index (χ2v) is 6.52. The van der Waals surface area contributed by atoms with Gasteiger partial charge in [0.1, 0.15) is 11.5 Å². The molecule has 1 aromatic heterocycles. The number of hydrogen-bond donors (Lipinski definition) is 2. The minimum atomic E-state index is 0.137. The summed E-state index contributed by atoms with van der Waals surface area (Å²) in [6.07, 6.45) is 3.43. The Morgan fingerprint density at radius 3 is 2.56 bits per heavy atom. The van der Waals surface area contributed by atoms with Crippen LogP contribution in [0.2, 0.25) is 0 Å². The third-order valence-electron chi connectivity index (χ3n) is 4.55. The highest BCUT2D eigenvalue weighted by atomic mass is 16.5. The minimum absolute atomic E-state index is 0.137. The molecule has 0 aliphatic carbocycles. The Morgan fingerprint density at radius 2 is 1.81 bits per heavy atom. The monoisotopic (exact) mass is 358 g/mol. The number of hydrogen-bond acceptors (Lipinski definition) is 5. The van der Waals surface area contributed by atoms with Crippen molar-refractivity contribution in [2.75, 3.05) is 6.54 Å². The number of nitrogens with zero attached hydrogens (tertiary/aromatic N) is 2. The zero-order valence-corrected chi connectivity index (χ0v) is 15.2. The van der Waals surface area contributed by atoms with Crippen LogP contribution < -0.4 is 15.4 Å². The van der Waals surface area contributed by atoms with Crippen LogP contribution in [-0.2, 0) is 0 Å². The summed E-state index contributed by atoms with van der Waals surface area (Å²) in [6.45, 7) is 2.87. The van der Waals surface area contributed by atoms with E-state index in [1.165, 1.54) is 11.1 Å². The molecule has 5 nitrogen and oxygen atoms in total. The maximum Gasteiger partial charge on any atom is 0.192 e. The fraction of sp³-hybridized carbons (Fsp3) is 0.182. The summed E-state index contributed by atoms with van der Waals surface area (Å²) >= 11 is 0. The molecule has 0 saturated heterocycles. The van der Waals surface area contributed by atoms with E-state index >= 15 is 0 Å². The van der Waals surface area contributed by atoms with E-state index in [9.17, 15) is 0 Å². The van der Waals surface area contributed by atoms with Crippen molar-refractivity contribution < 1.29 is 4.74 Å². The van der Waals surface area contributed by atoms with Crippen molar-refractivity contribution in [3.8, 4) is 11.5 Å². The van der Waals surface area contributed by atoms with E-state index in [0.29, 0.717) is 0 Å². The third-order valence-corrected chi connectivity index (χ3v) is 4.55. The number of ether oxygens (including phenoxy) is 1. The fourth-order valence-electron chi connectivity index (χ4n) is 3.06. The largest absolute Gasteiger partial charge is 0.456 e. The van der Waals surface area contributed by atoms with Gasteiger partial charge in [0.15, 0.2) is 5.96 Å². The maximum atomic E-state index is 5.79. The second-order valence-electron chi connectivity index (χ2n) is 6.52. The summed E-state index contributed by atoms with van der Waals surface area (Å²) in [5.74, 6) is 2.36. The van der Waals surface area contributed by atoms with Crippen molar-refractivity contribution in [1.29, 1.82) is 0 Å². The number of aliphatic imine (C=N–C) groups is 1.